The van der Waals surface area contributed by atoms with Crippen LogP contribution in [-0.2, 0) is 11.2 Å². The van der Waals surface area contributed by atoms with Gasteiger partial charge in [0.2, 0.25) is 0 Å². The average molecular weight is 304 g/mol. The van der Waals surface area contributed by atoms with E-state index in [1.807, 2.05) is 17.0 Å². The number of urea groups is 1. The molecule has 1 saturated heterocycles. The van der Waals surface area contributed by atoms with E-state index in [0.717, 1.165) is 12.8 Å². The Morgan fingerprint density at radius 3 is 2.82 bits per heavy atom. The second-order valence-electron chi connectivity index (χ2n) is 6.18. The van der Waals surface area contributed by atoms with Gasteiger partial charge in [0, 0.05) is 13.1 Å². The Balaban J connectivity index is 1.40. The van der Waals surface area contributed by atoms with Gasteiger partial charge in [-0.3, -0.25) is 0 Å². The highest BCUT2D eigenvalue weighted by Gasteiger charge is 2.39. The lowest BCUT2D eigenvalue weighted by molar-refractivity contribution is 0.00474. The molecule has 2 amide bonds. The molecule has 0 spiro atoms. The highest BCUT2D eigenvalue weighted by molar-refractivity contribution is 5.74. The Bertz CT molecular complexity index is 499. The van der Waals surface area contributed by atoms with Gasteiger partial charge in [-0.1, -0.05) is 12.1 Å². The number of hydrogen-bond acceptors (Lipinski definition) is 3. The van der Waals surface area contributed by atoms with E-state index >= 15 is 0 Å². The Labute approximate surface area is 131 Å². The number of carbonyl (C=O) groups excluding carboxylic acids is 1. The van der Waals surface area contributed by atoms with Crippen LogP contribution in [0.3, 0.4) is 0 Å². The van der Waals surface area contributed by atoms with Crippen LogP contribution >= 0.6 is 0 Å². The molecule has 2 aliphatic rings. The Morgan fingerprint density at radius 1 is 1.32 bits per heavy atom. The summed E-state index contributed by atoms with van der Waals surface area (Å²) in [5, 5.41) is 12.3. The summed E-state index contributed by atoms with van der Waals surface area (Å²) < 4.78 is 5.51. The summed E-state index contributed by atoms with van der Waals surface area (Å²) in [6, 6.07) is 7.55. The molecule has 2 fully saturated rings. The van der Waals surface area contributed by atoms with Crippen LogP contribution in [0.4, 0.5) is 4.79 Å². The van der Waals surface area contributed by atoms with E-state index in [9.17, 15) is 9.90 Å². The fourth-order valence-electron chi connectivity index (χ4n) is 3.00. The third kappa shape index (κ3) is 3.91. The lowest BCUT2D eigenvalue weighted by Crippen LogP contribution is -2.53. The van der Waals surface area contributed by atoms with Crippen molar-refractivity contribution < 1.29 is 14.6 Å². The van der Waals surface area contributed by atoms with Gasteiger partial charge in [-0.25, -0.2) is 4.79 Å². The van der Waals surface area contributed by atoms with Gasteiger partial charge in [-0.2, -0.15) is 0 Å². The van der Waals surface area contributed by atoms with Gasteiger partial charge >= 0.3 is 6.03 Å². The maximum Gasteiger partial charge on any atom is 0.317 e. The van der Waals surface area contributed by atoms with Crippen LogP contribution in [0.25, 0.3) is 0 Å². The van der Waals surface area contributed by atoms with Crippen molar-refractivity contribution in [1.29, 1.82) is 0 Å². The minimum absolute atomic E-state index is 0.0471. The Morgan fingerprint density at radius 2 is 2.09 bits per heavy atom. The van der Waals surface area contributed by atoms with Crippen LogP contribution in [0, 0.1) is 5.92 Å². The fraction of sp³-hybridized carbons (Fsp3) is 0.588. The number of rotatable bonds is 5. The van der Waals surface area contributed by atoms with Crippen LogP contribution in [0.5, 0.6) is 5.75 Å². The predicted octanol–water partition coefficient (Wildman–Crippen LogP) is 2.15. The molecule has 5 heteroatoms. The number of benzene rings is 1. The largest absolute Gasteiger partial charge is 0.508 e. The number of phenolic OH excluding ortho intramolecular Hbond substituents is 1. The number of nitrogens with one attached hydrogen (secondary N) is 1. The van der Waals surface area contributed by atoms with Gasteiger partial charge in [0.05, 0.1) is 19.3 Å². The highest BCUT2D eigenvalue weighted by atomic mass is 16.5. The van der Waals surface area contributed by atoms with Crippen molar-refractivity contribution in [2.75, 3.05) is 26.3 Å². The molecule has 1 aromatic carbocycles. The number of hydrogen-bond donors (Lipinski definition) is 2. The van der Waals surface area contributed by atoms with Crippen LogP contribution < -0.4 is 5.32 Å². The van der Waals surface area contributed by atoms with Crippen molar-refractivity contribution in [3.05, 3.63) is 29.8 Å². The van der Waals surface area contributed by atoms with Crippen molar-refractivity contribution in [3.8, 4) is 5.75 Å². The molecule has 5 nitrogen and oxygen atoms in total. The third-order valence-corrected chi connectivity index (χ3v) is 4.45. The van der Waals surface area contributed by atoms with Gasteiger partial charge < -0.3 is 20.1 Å². The predicted molar refractivity (Wildman–Crippen MR) is 83.9 cm³/mol. The normalized spacial score (nSPS) is 21.6. The summed E-state index contributed by atoms with van der Waals surface area (Å²) >= 11 is 0. The zero-order valence-electron chi connectivity index (χ0n) is 12.8. The first-order valence-corrected chi connectivity index (χ1v) is 8.14. The topological polar surface area (TPSA) is 61.8 Å². The molecule has 120 valence electrons. The van der Waals surface area contributed by atoms with Gasteiger partial charge in [0.15, 0.2) is 0 Å². The number of carbonyl (C=O) groups is 1. The molecule has 1 aliphatic heterocycles. The van der Waals surface area contributed by atoms with Crippen LogP contribution in [0.2, 0.25) is 0 Å². The second-order valence-corrected chi connectivity index (χ2v) is 6.18. The van der Waals surface area contributed by atoms with Gasteiger partial charge in [0.1, 0.15) is 5.75 Å². The first-order valence-electron chi connectivity index (χ1n) is 8.14. The summed E-state index contributed by atoms with van der Waals surface area (Å²) in [6.07, 6.45) is 4.24. The molecule has 0 unspecified atom stereocenters. The number of aryl methyl sites for hydroxylation is 1. The summed E-state index contributed by atoms with van der Waals surface area (Å²) in [6.45, 7) is 2.70. The summed E-state index contributed by atoms with van der Waals surface area (Å²) in [4.78, 5) is 14.3. The summed E-state index contributed by atoms with van der Waals surface area (Å²) in [5.74, 6) is 0.929. The number of nitrogens with zero attached hydrogens (tertiary/aromatic N) is 1. The molecular formula is C17H24N2O3. The fourth-order valence-corrected chi connectivity index (χ4v) is 3.00. The standard InChI is InChI=1S/C17H24N2O3/c20-15-7-3-13(4-8-15)2-1-9-18-17(21)19-10-11-22-12-16(19)14-5-6-14/h3-4,7-8,14,16,20H,1-2,5-6,9-12H2,(H,18,21)/t16-/m1/s1. The number of aromatic hydroxyl groups is 1. The van der Waals surface area contributed by atoms with Gasteiger partial charge in [0.25, 0.3) is 0 Å². The highest BCUT2D eigenvalue weighted by Crippen LogP contribution is 2.36. The number of phenols is 1. The van der Waals surface area contributed by atoms with Crippen molar-refractivity contribution in [2.24, 2.45) is 5.92 Å². The van der Waals surface area contributed by atoms with Gasteiger partial charge in [-0.05, 0) is 49.3 Å². The molecule has 1 atom stereocenters. The Kier molecular flexibility index (Phi) is 4.83. The maximum atomic E-state index is 12.3. The van der Waals surface area contributed by atoms with Crippen molar-refractivity contribution >= 4 is 6.03 Å². The Hall–Kier alpha value is -1.75. The zero-order chi connectivity index (χ0) is 15.4. The van der Waals surface area contributed by atoms with Crippen LogP contribution in [0.1, 0.15) is 24.8 Å². The minimum atomic E-state index is 0.0471. The van der Waals surface area contributed by atoms with Crippen LogP contribution in [0.15, 0.2) is 24.3 Å². The second kappa shape index (κ2) is 7.01. The lowest BCUT2D eigenvalue weighted by atomic mass is 10.1. The molecule has 3 rings (SSSR count). The zero-order valence-corrected chi connectivity index (χ0v) is 12.8. The minimum Gasteiger partial charge on any atom is -0.508 e. The monoisotopic (exact) mass is 304 g/mol. The first-order chi connectivity index (χ1) is 10.7. The molecule has 22 heavy (non-hydrogen) atoms. The number of amides is 2. The van der Waals surface area contributed by atoms with E-state index < -0.39 is 0 Å². The molecule has 1 aliphatic carbocycles. The summed E-state index contributed by atoms with van der Waals surface area (Å²) in [5.41, 5.74) is 1.18. The molecule has 1 aromatic rings. The van der Waals surface area contributed by atoms with E-state index in [2.05, 4.69) is 5.32 Å². The molecule has 1 saturated carbocycles. The molecule has 0 radical (unpaired) electrons. The summed E-state index contributed by atoms with van der Waals surface area (Å²) in [7, 11) is 0. The number of morpholine rings is 1. The third-order valence-electron chi connectivity index (χ3n) is 4.45. The molecule has 2 N–H and O–H groups in total. The smallest absolute Gasteiger partial charge is 0.317 e. The van der Waals surface area contributed by atoms with E-state index in [0.29, 0.717) is 32.2 Å². The first kappa shape index (κ1) is 15.2. The van der Waals surface area contributed by atoms with E-state index in [-0.39, 0.29) is 17.8 Å². The van der Waals surface area contributed by atoms with Crippen LogP contribution in [-0.4, -0.2) is 48.4 Å². The van der Waals surface area contributed by atoms with E-state index in [1.165, 1.54) is 18.4 Å². The SMILES string of the molecule is O=C(NCCCc1ccc(O)cc1)N1CCOC[C@@H]1C1CC1. The molecular weight excluding hydrogens is 280 g/mol. The number of ether oxygens (including phenoxy) is 1. The van der Waals surface area contributed by atoms with E-state index in [4.69, 9.17) is 4.74 Å². The molecule has 0 bridgehead atoms. The van der Waals surface area contributed by atoms with Crippen molar-refractivity contribution in [1.82, 2.24) is 10.2 Å². The quantitative estimate of drug-likeness (QED) is 0.819. The van der Waals surface area contributed by atoms with E-state index in [1.54, 1.807) is 12.1 Å². The molecule has 1 heterocycles. The average Bonchev–Trinajstić information content (AvgIpc) is 3.38. The lowest BCUT2D eigenvalue weighted by Gasteiger charge is -2.35. The maximum absolute atomic E-state index is 12.3. The molecule has 0 aromatic heterocycles. The van der Waals surface area contributed by atoms with Crippen molar-refractivity contribution in [3.63, 3.8) is 0 Å². The van der Waals surface area contributed by atoms with Gasteiger partial charge in [-0.15, -0.1) is 0 Å². The van der Waals surface area contributed by atoms with Crippen molar-refractivity contribution in [2.45, 2.75) is 31.7 Å².